The van der Waals surface area contributed by atoms with Crippen LogP contribution in [-0.2, 0) is 9.53 Å². The van der Waals surface area contributed by atoms with Crippen LogP contribution in [0.5, 0.6) is 0 Å². The number of carbonyl (C=O) groups is 1. The van der Waals surface area contributed by atoms with E-state index in [1.54, 1.807) is 7.11 Å². The highest BCUT2D eigenvalue weighted by atomic mass is 16.5. The Balaban J connectivity index is 2.23. The lowest BCUT2D eigenvalue weighted by Gasteiger charge is -2.25. The van der Waals surface area contributed by atoms with Gasteiger partial charge in [-0.1, -0.05) is 0 Å². The molecule has 106 valence electrons. The van der Waals surface area contributed by atoms with Gasteiger partial charge in [0.2, 0.25) is 5.91 Å². The lowest BCUT2D eigenvalue weighted by Crippen LogP contribution is -2.38. The summed E-state index contributed by atoms with van der Waals surface area (Å²) >= 11 is 0. The van der Waals surface area contributed by atoms with Crippen molar-refractivity contribution in [2.45, 2.75) is 31.9 Å². The molecule has 1 N–H and O–H groups in total. The summed E-state index contributed by atoms with van der Waals surface area (Å²) in [6.07, 6.45) is 2.02. The number of likely N-dealkylation sites (N-methyl/N-ethyl adjacent to an activating group) is 2. The number of hydrogen-bond donors (Lipinski definition) is 1. The first-order chi connectivity index (χ1) is 8.56. The smallest absolute Gasteiger partial charge is 0.221 e. The molecule has 0 bridgehead atoms. The van der Waals surface area contributed by atoms with Crippen molar-refractivity contribution in [2.75, 3.05) is 47.4 Å². The number of nitrogens with one attached hydrogen (secondary N) is 1. The molecule has 0 aliphatic carbocycles. The normalized spacial score (nSPS) is 24.7. The van der Waals surface area contributed by atoms with E-state index in [4.69, 9.17) is 4.74 Å². The van der Waals surface area contributed by atoms with Gasteiger partial charge in [0.25, 0.3) is 0 Å². The summed E-state index contributed by atoms with van der Waals surface area (Å²) in [4.78, 5) is 16.0. The molecular weight excluding hydrogens is 230 g/mol. The highest BCUT2D eigenvalue weighted by molar-refractivity contribution is 5.75. The van der Waals surface area contributed by atoms with Crippen molar-refractivity contribution in [3.05, 3.63) is 0 Å². The largest absolute Gasteiger partial charge is 0.380 e. The molecular formula is C13H27N3O2. The van der Waals surface area contributed by atoms with E-state index < -0.39 is 0 Å². The van der Waals surface area contributed by atoms with Gasteiger partial charge in [0.15, 0.2) is 0 Å². The van der Waals surface area contributed by atoms with Gasteiger partial charge in [-0.3, -0.25) is 9.69 Å². The Labute approximate surface area is 110 Å². The van der Waals surface area contributed by atoms with E-state index in [0.717, 1.165) is 26.1 Å². The predicted octanol–water partition coefficient (Wildman–Crippen LogP) is 0.164. The molecule has 1 aliphatic heterocycles. The Hall–Kier alpha value is -0.650. The zero-order chi connectivity index (χ0) is 13.5. The Kier molecular flexibility index (Phi) is 6.60. The fourth-order valence-corrected chi connectivity index (χ4v) is 2.44. The molecule has 1 aliphatic rings. The van der Waals surface area contributed by atoms with Crippen LogP contribution in [-0.4, -0.2) is 75.2 Å². The van der Waals surface area contributed by atoms with E-state index in [2.05, 4.69) is 29.2 Å². The minimum Gasteiger partial charge on any atom is -0.380 e. The number of ether oxygens (including phenoxy) is 1. The van der Waals surface area contributed by atoms with Crippen molar-refractivity contribution in [2.24, 2.45) is 0 Å². The highest BCUT2D eigenvalue weighted by Gasteiger charge is 2.29. The third kappa shape index (κ3) is 4.92. The highest BCUT2D eigenvalue weighted by Crippen LogP contribution is 2.18. The fraction of sp³-hybridized carbons (Fsp3) is 0.923. The van der Waals surface area contributed by atoms with E-state index in [-0.39, 0.29) is 5.91 Å². The summed E-state index contributed by atoms with van der Waals surface area (Å²) in [6.45, 7) is 5.47. The van der Waals surface area contributed by atoms with E-state index >= 15 is 0 Å². The summed E-state index contributed by atoms with van der Waals surface area (Å²) in [6, 6.07) is 0.536. The first-order valence-corrected chi connectivity index (χ1v) is 6.75. The van der Waals surface area contributed by atoms with Crippen LogP contribution in [0.4, 0.5) is 0 Å². The monoisotopic (exact) mass is 257 g/mol. The van der Waals surface area contributed by atoms with Crippen LogP contribution in [0.15, 0.2) is 0 Å². The van der Waals surface area contributed by atoms with E-state index in [1.807, 2.05) is 6.92 Å². The molecule has 1 amide bonds. The van der Waals surface area contributed by atoms with Crippen LogP contribution in [0.25, 0.3) is 0 Å². The SMILES string of the molecule is CCNC(=O)CCN(C)C[C@@H]1C[C@H](OC)CN1C. The Morgan fingerprint density at radius 1 is 1.56 bits per heavy atom. The molecule has 5 heteroatoms. The van der Waals surface area contributed by atoms with Gasteiger partial charge in [-0.2, -0.15) is 0 Å². The molecule has 18 heavy (non-hydrogen) atoms. The summed E-state index contributed by atoms with van der Waals surface area (Å²) in [5.74, 6) is 0.138. The molecule has 2 atom stereocenters. The van der Waals surface area contributed by atoms with E-state index in [9.17, 15) is 4.79 Å². The van der Waals surface area contributed by atoms with Gasteiger partial charge in [0.1, 0.15) is 0 Å². The van der Waals surface area contributed by atoms with Gasteiger partial charge in [-0.05, 0) is 27.4 Å². The van der Waals surface area contributed by atoms with Gasteiger partial charge in [-0.25, -0.2) is 0 Å². The molecule has 1 rings (SSSR count). The average Bonchev–Trinajstić information content (AvgIpc) is 2.68. The van der Waals surface area contributed by atoms with Crippen LogP contribution >= 0.6 is 0 Å². The number of methoxy groups -OCH3 is 1. The first-order valence-electron chi connectivity index (χ1n) is 6.75. The van der Waals surface area contributed by atoms with Crippen LogP contribution in [0.2, 0.25) is 0 Å². The molecule has 1 saturated heterocycles. The second-order valence-electron chi connectivity index (χ2n) is 5.15. The number of amides is 1. The number of hydrogen-bond acceptors (Lipinski definition) is 4. The van der Waals surface area contributed by atoms with Crippen LogP contribution in [0, 0.1) is 0 Å². The quantitative estimate of drug-likeness (QED) is 0.706. The average molecular weight is 257 g/mol. The number of carbonyl (C=O) groups excluding carboxylic acids is 1. The molecule has 0 spiro atoms. The first kappa shape index (κ1) is 15.4. The maximum absolute atomic E-state index is 11.4. The number of nitrogens with zero attached hydrogens (tertiary/aromatic N) is 2. The zero-order valence-corrected chi connectivity index (χ0v) is 12.1. The Bertz CT molecular complexity index is 261. The van der Waals surface area contributed by atoms with Gasteiger partial charge in [-0.15, -0.1) is 0 Å². The predicted molar refractivity (Wildman–Crippen MR) is 72.6 cm³/mol. The van der Waals surface area contributed by atoms with Crippen LogP contribution in [0.1, 0.15) is 19.8 Å². The second kappa shape index (κ2) is 7.71. The van der Waals surface area contributed by atoms with Crippen molar-refractivity contribution in [3.8, 4) is 0 Å². The molecule has 1 fully saturated rings. The molecule has 5 nitrogen and oxygen atoms in total. The van der Waals surface area contributed by atoms with Gasteiger partial charge >= 0.3 is 0 Å². The Morgan fingerprint density at radius 3 is 2.83 bits per heavy atom. The van der Waals surface area contributed by atoms with Gasteiger partial charge in [0, 0.05) is 45.8 Å². The zero-order valence-electron chi connectivity index (χ0n) is 12.1. The van der Waals surface area contributed by atoms with E-state index in [1.165, 1.54) is 0 Å². The van der Waals surface area contributed by atoms with E-state index in [0.29, 0.717) is 25.1 Å². The third-order valence-corrected chi connectivity index (χ3v) is 3.60. The molecule has 0 radical (unpaired) electrons. The van der Waals surface area contributed by atoms with Crippen molar-refractivity contribution in [1.29, 1.82) is 0 Å². The lowest BCUT2D eigenvalue weighted by molar-refractivity contribution is -0.121. The topological polar surface area (TPSA) is 44.8 Å². The molecule has 0 unspecified atom stereocenters. The summed E-state index contributed by atoms with van der Waals surface area (Å²) in [5, 5.41) is 2.82. The molecule has 0 aromatic heterocycles. The van der Waals surface area contributed by atoms with Crippen molar-refractivity contribution < 1.29 is 9.53 Å². The maximum Gasteiger partial charge on any atom is 0.221 e. The van der Waals surface area contributed by atoms with Crippen molar-refractivity contribution in [1.82, 2.24) is 15.1 Å². The van der Waals surface area contributed by atoms with Crippen LogP contribution in [0.3, 0.4) is 0 Å². The number of rotatable bonds is 7. The third-order valence-electron chi connectivity index (χ3n) is 3.60. The fourth-order valence-electron chi connectivity index (χ4n) is 2.44. The molecule has 0 saturated carbocycles. The van der Waals surface area contributed by atoms with Crippen molar-refractivity contribution >= 4 is 5.91 Å². The Morgan fingerprint density at radius 2 is 2.28 bits per heavy atom. The second-order valence-corrected chi connectivity index (χ2v) is 5.15. The summed E-state index contributed by atoms with van der Waals surface area (Å²) in [7, 11) is 5.99. The minimum atomic E-state index is 0.138. The van der Waals surface area contributed by atoms with Crippen molar-refractivity contribution in [3.63, 3.8) is 0 Å². The molecule has 0 aromatic rings. The summed E-state index contributed by atoms with van der Waals surface area (Å²) in [5.41, 5.74) is 0. The van der Waals surface area contributed by atoms with Crippen LogP contribution < -0.4 is 5.32 Å². The number of likely N-dealkylation sites (tertiary alicyclic amines) is 1. The van der Waals surface area contributed by atoms with Gasteiger partial charge < -0.3 is 15.0 Å². The molecule has 1 heterocycles. The maximum atomic E-state index is 11.4. The minimum absolute atomic E-state index is 0.138. The van der Waals surface area contributed by atoms with Gasteiger partial charge in [0.05, 0.1) is 6.10 Å². The lowest BCUT2D eigenvalue weighted by atomic mass is 10.2. The molecule has 0 aromatic carbocycles. The summed E-state index contributed by atoms with van der Waals surface area (Å²) < 4.78 is 5.40. The standard InChI is InChI=1S/C13H27N3O2/c1-5-14-13(17)6-7-15(2)9-11-8-12(18-4)10-16(11)3/h11-12H,5-10H2,1-4H3,(H,14,17)/t11-,12-/m0/s1.